The lowest BCUT2D eigenvalue weighted by Gasteiger charge is -2.35. The van der Waals surface area contributed by atoms with Gasteiger partial charge in [0.15, 0.2) is 17.7 Å². The number of hydrogen-bond acceptors (Lipinski definition) is 6. The summed E-state index contributed by atoms with van der Waals surface area (Å²) in [7, 11) is 0. The van der Waals surface area contributed by atoms with Gasteiger partial charge in [-0.05, 0) is 35.3 Å². The van der Waals surface area contributed by atoms with Crippen LogP contribution in [0, 0.1) is 5.82 Å². The number of amides is 1. The van der Waals surface area contributed by atoms with Crippen molar-refractivity contribution in [3.05, 3.63) is 104 Å². The normalized spacial score (nSPS) is 16.9. The van der Waals surface area contributed by atoms with Crippen LogP contribution in [0.2, 0.25) is 5.02 Å². The number of aromatic nitrogens is 1. The zero-order valence-corrected chi connectivity index (χ0v) is 22.7. The van der Waals surface area contributed by atoms with Gasteiger partial charge in [0, 0.05) is 26.2 Å². The van der Waals surface area contributed by atoms with E-state index in [-0.39, 0.29) is 72.5 Å². The fourth-order valence-corrected chi connectivity index (χ4v) is 5.17. The quantitative estimate of drug-likeness (QED) is 0.315. The second-order valence-electron chi connectivity index (χ2n) is 9.76. The lowest BCUT2D eigenvalue weighted by molar-refractivity contribution is -0.207. The molecule has 1 N–H and O–H groups in total. The number of carbonyl (C=O) groups excluding carboxylic acids is 2. The molecule has 2 aliphatic rings. The molecular weight excluding hydrogens is 582 g/mol. The minimum Gasteiger partial charge on any atom is -0.483 e. The summed E-state index contributed by atoms with van der Waals surface area (Å²) in [5.41, 5.74) is 0.290. The molecule has 0 radical (unpaired) electrons. The third kappa shape index (κ3) is 5.77. The lowest BCUT2D eigenvalue weighted by atomic mass is 9.99. The smallest absolute Gasteiger partial charge is 0.483 e. The number of halogens is 5. The summed E-state index contributed by atoms with van der Waals surface area (Å²) in [6, 6.07) is 12.8. The van der Waals surface area contributed by atoms with Crippen LogP contribution in [-0.2, 0) is 29.2 Å². The number of nitrogens with zero attached hydrogens (tertiary/aromatic N) is 2. The number of pyridine rings is 1. The summed E-state index contributed by atoms with van der Waals surface area (Å²) in [4.78, 5) is 41.2. The molecule has 42 heavy (non-hydrogen) atoms. The molecule has 0 spiro atoms. The average molecular weight is 606 g/mol. The summed E-state index contributed by atoms with van der Waals surface area (Å²) in [5.74, 6) is -4.07. The first kappa shape index (κ1) is 29.3. The molecule has 5 rings (SSSR count). The first-order valence-corrected chi connectivity index (χ1v) is 13.2. The van der Waals surface area contributed by atoms with Crippen LogP contribution in [0.3, 0.4) is 0 Å². The van der Waals surface area contributed by atoms with Crippen molar-refractivity contribution in [1.29, 1.82) is 0 Å². The van der Waals surface area contributed by atoms with Crippen LogP contribution in [0.1, 0.15) is 45.5 Å². The summed E-state index contributed by atoms with van der Waals surface area (Å²) in [6.45, 7) is 3.97. The Morgan fingerprint density at radius 2 is 1.83 bits per heavy atom. The van der Waals surface area contributed by atoms with Crippen molar-refractivity contribution < 1.29 is 36.6 Å². The molecule has 220 valence electrons. The molecule has 1 unspecified atom stereocenters. The number of nitrogens with one attached hydrogen (secondary N) is 1. The van der Waals surface area contributed by atoms with E-state index in [9.17, 15) is 31.9 Å². The SMILES string of the molecule is C=C1CCNC(OC(=O)C(F)(F)F)c2c1c(=O)c(OCc1ccccc1)c1n2CCN(Cc2ccc(F)c(Cl)c2)C1=O. The zero-order valence-electron chi connectivity index (χ0n) is 22.0. The monoisotopic (exact) mass is 605 g/mol. The molecule has 2 aliphatic heterocycles. The maximum Gasteiger partial charge on any atom is 0.490 e. The van der Waals surface area contributed by atoms with Crippen molar-refractivity contribution in [2.45, 2.75) is 38.5 Å². The summed E-state index contributed by atoms with van der Waals surface area (Å²) in [5, 5.41) is 2.59. The van der Waals surface area contributed by atoms with Crippen molar-refractivity contribution in [1.82, 2.24) is 14.8 Å². The second-order valence-corrected chi connectivity index (χ2v) is 10.2. The Labute approximate surface area is 242 Å². The van der Waals surface area contributed by atoms with Crippen LogP contribution in [-0.4, -0.2) is 40.6 Å². The lowest BCUT2D eigenvalue weighted by Crippen LogP contribution is -2.45. The number of ether oxygens (including phenoxy) is 2. The van der Waals surface area contributed by atoms with E-state index in [2.05, 4.69) is 11.9 Å². The Morgan fingerprint density at radius 1 is 1.10 bits per heavy atom. The van der Waals surface area contributed by atoms with Crippen molar-refractivity contribution in [2.75, 3.05) is 13.1 Å². The van der Waals surface area contributed by atoms with Crippen molar-refractivity contribution >= 4 is 29.1 Å². The van der Waals surface area contributed by atoms with E-state index in [4.69, 9.17) is 21.1 Å². The number of fused-ring (bicyclic) bond motifs is 3. The standard InChI is InChI=1S/C29H24ClF4N3O5/c1-16-9-10-35-26(42-28(40)29(32,33)34)22-21(16)24(38)25(41-15-17-5-3-2-4-6-17)23-27(39)36(11-12-37(22)23)14-18-7-8-20(31)19(30)13-18/h2-8,13,26,35H,1,9-12,14-15H2. The van der Waals surface area contributed by atoms with E-state index in [1.165, 1.54) is 21.6 Å². The van der Waals surface area contributed by atoms with Gasteiger partial charge in [-0.3, -0.25) is 14.9 Å². The highest BCUT2D eigenvalue weighted by molar-refractivity contribution is 6.30. The minimum atomic E-state index is -5.29. The van der Waals surface area contributed by atoms with Gasteiger partial charge >= 0.3 is 12.1 Å². The van der Waals surface area contributed by atoms with Gasteiger partial charge in [0.1, 0.15) is 12.4 Å². The van der Waals surface area contributed by atoms with E-state index < -0.39 is 35.5 Å². The molecule has 1 aromatic heterocycles. The predicted molar refractivity (Wildman–Crippen MR) is 144 cm³/mol. The highest BCUT2D eigenvalue weighted by atomic mass is 35.5. The van der Waals surface area contributed by atoms with Crippen LogP contribution >= 0.6 is 11.6 Å². The largest absolute Gasteiger partial charge is 0.490 e. The Balaban J connectivity index is 1.64. The number of carbonyl (C=O) groups is 2. The zero-order chi connectivity index (χ0) is 30.2. The molecule has 0 saturated carbocycles. The van der Waals surface area contributed by atoms with Gasteiger partial charge in [0.25, 0.3) is 5.91 Å². The van der Waals surface area contributed by atoms with E-state index in [1.807, 2.05) is 0 Å². The number of benzene rings is 2. The van der Waals surface area contributed by atoms with Crippen LogP contribution in [0.4, 0.5) is 17.6 Å². The minimum absolute atomic E-state index is 0.000317. The Bertz CT molecular complexity index is 1620. The number of esters is 1. The Hall–Kier alpha value is -4.16. The molecule has 1 amide bonds. The van der Waals surface area contributed by atoms with Crippen LogP contribution in [0.15, 0.2) is 59.9 Å². The van der Waals surface area contributed by atoms with Gasteiger partial charge in [0.2, 0.25) is 5.43 Å². The highest BCUT2D eigenvalue weighted by Gasteiger charge is 2.45. The highest BCUT2D eigenvalue weighted by Crippen LogP contribution is 2.35. The molecular formula is C29H24ClF4N3O5. The van der Waals surface area contributed by atoms with Crippen molar-refractivity contribution in [3.8, 4) is 5.75 Å². The van der Waals surface area contributed by atoms with Crippen molar-refractivity contribution in [3.63, 3.8) is 0 Å². The van der Waals surface area contributed by atoms with Crippen LogP contribution < -0.4 is 15.5 Å². The number of alkyl halides is 3. The van der Waals surface area contributed by atoms with E-state index >= 15 is 0 Å². The van der Waals surface area contributed by atoms with Crippen LogP contribution in [0.25, 0.3) is 5.57 Å². The first-order chi connectivity index (χ1) is 20.0. The number of rotatable bonds is 6. The van der Waals surface area contributed by atoms with Gasteiger partial charge in [-0.2, -0.15) is 13.2 Å². The van der Waals surface area contributed by atoms with E-state index in [1.54, 1.807) is 30.3 Å². The maximum absolute atomic E-state index is 14.0. The third-order valence-electron chi connectivity index (χ3n) is 6.95. The maximum atomic E-state index is 14.0. The van der Waals surface area contributed by atoms with Gasteiger partial charge in [-0.1, -0.05) is 54.6 Å². The molecule has 2 aromatic carbocycles. The van der Waals surface area contributed by atoms with Gasteiger partial charge in [0.05, 0.1) is 16.3 Å². The fraction of sp³-hybridized carbons (Fsp3) is 0.276. The molecule has 8 nitrogen and oxygen atoms in total. The molecule has 1 atom stereocenters. The molecule has 0 fully saturated rings. The van der Waals surface area contributed by atoms with Gasteiger partial charge < -0.3 is 18.9 Å². The predicted octanol–water partition coefficient (Wildman–Crippen LogP) is 4.99. The topological polar surface area (TPSA) is 89.9 Å². The van der Waals surface area contributed by atoms with E-state index in [0.717, 1.165) is 6.07 Å². The van der Waals surface area contributed by atoms with E-state index in [0.29, 0.717) is 11.1 Å². The molecule has 3 aromatic rings. The van der Waals surface area contributed by atoms with Crippen molar-refractivity contribution in [2.24, 2.45) is 0 Å². The molecule has 3 heterocycles. The second kappa shape index (κ2) is 11.6. The van der Waals surface area contributed by atoms with Crippen LogP contribution in [0.5, 0.6) is 5.75 Å². The summed E-state index contributed by atoms with van der Waals surface area (Å²) >= 11 is 5.91. The molecule has 0 saturated heterocycles. The van der Waals surface area contributed by atoms with Gasteiger partial charge in [-0.15, -0.1) is 0 Å². The molecule has 13 heteroatoms. The average Bonchev–Trinajstić information content (AvgIpc) is 3.11. The molecule has 0 aliphatic carbocycles. The summed E-state index contributed by atoms with van der Waals surface area (Å²) < 4.78 is 65.3. The number of hydrogen-bond donors (Lipinski definition) is 1. The Kier molecular flexibility index (Phi) is 8.11. The fourth-order valence-electron chi connectivity index (χ4n) is 4.97. The third-order valence-corrected chi connectivity index (χ3v) is 7.24. The first-order valence-electron chi connectivity index (χ1n) is 12.9. The summed E-state index contributed by atoms with van der Waals surface area (Å²) in [6.07, 6.45) is -6.83. The Morgan fingerprint density at radius 3 is 2.52 bits per heavy atom. The molecule has 0 bridgehead atoms. The van der Waals surface area contributed by atoms with Gasteiger partial charge in [-0.25, -0.2) is 9.18 Å².